The number of hydrogen-bond donors (Lipinski definition) is 1. The Labute approximate surface area is 206 Å². The minimum Gasteiger partial charge on any atom is -0.476 e. The Bertz CT molecular complexity index is 1370. The number of amides is 1. The molecule has 0 aliphatic carbocycles. The van der Waals surface area contributed by atoms with Gasteiger partial charge in [0.1, 0.15) is 4.90 Å². The van der Waals surface area contributed by atoms with E-state index in [2.05, 4.69) is 4.90 Å². The first kappa shape index (κ1) is 24.9. The van der Waals surface area contributed by atoms with Gasteiger partial charge in [-0.05, 0) is 17.7 Å². The topological polar surface area (TPSA) is 130 Å². The molecule has 3 aromatic carbocycles. The van der Waals surface area contributed by atoms with Gasteiger partial charge in [0.05, 0.1) is 4.92 Å². The summed E-state index contributed by atoms with van der Waals surface area (Å²) in [4.78, 5) is 26.8. The second kappa shape index (κ2) is 10.2. The summed E-state index contributed by atoms with van der Waals surface area (Å²) in [5, 5.41) is 12.5. The summed E-state index contributed by atoms with van der Waals surface area (Å²) in [5.41, 5.74) is 0.460. The lowest BCUT2D eigenvalue weighted by atomic mass is 10.1. The second-order valence-electron chi connectivity index (χ2n) is 8.07. The third kappa shape index (κ3) is 5.70. The molecular weight excluding hydrogens is 498 g/mol. The molecule has 1 N–H and O–H groups in total. The van der Waals surface area contributed by atoms with Crippen molar-refractivity contribution in [1.29, 1.82) is 0 Å². The Balaban J connectivity index is 1.46. The van der Waals surface area contributed by atoms with Gasteiger partial charge in [0.25, 0.3) is 16.0 Å². The van der Waals surface area contributed by atoms with E-state index in [-0.39, 0.29) is 22.4 Å². The molecule has 1 amide bonds. The van der Waals surface area contributed by atoms with Gasteiger partial charge in [-0.2, -0.15) is 8.42 Å². The van der Waals surface area contributed by atoms with E-state index in [0.717, 1.165) is 18.2 Å². The lowest BCUT2D eigenvalue weighted by Gasteiger charge is -2.34. The highest BCUT2D eigenvalue weighted by Gasteiger charge is 2.28. The van der Waals surface area contributed by atoms with Crippen LogP contribution in [0.25, 0.3) is 10.8 Å². The number of nitro benzene ring substituents is 1. The van der Waals surface area contributed by atoms with E-state index in [0.29, 0.717) is 31.2 Å². The Kier molecular flexibility index (Phi) is 7.22. The third-order valence-electron chi connectivity index (χ3n) is 5.80. The minimum absolute atomic E-state index is 0.0545. The van der Waals surface area contributed by atoms with Crippen molar-refractivity contribution in [1.82, 2.24) is 9.80 Å². The zero-order valence-corrected chi connectivity index (χ0v) is 20.0. The van der Waals surface area contributed by atoms with E-state index in [1.165, 1.54) is 18.2 Å². The molecule has 184 valence electrons. The number of carbonyl (C=O) groups is 1. The minimum atomic E-state index is -4.73. The van der Waals surface area contributed by atoms with Crippen LogP contribution in [-0.4, -0.2) is 66.4 Å². The summed E-state index contributed by atoms with van der Waals surface area (Å²) >= 11 is 5.92. The van der Waals surface area contributed by atoms with Crippen LogP contribution in [-0.2, 0) is 21.5 Å². The maximum atomic E-state index is 12.8. The number of rotatable bonds is 7. The SMILES string of the molecule is O=C(COc1c([N+](=O)[O-])cc(S(=O)(=O)O)c2ccccc12)N1CCN(Cc2ccc(Cl)cc2)CC1. The normalized spacial score (nSPS) is 14.7. The zero-order chi connectivity index (χ0) is 25.2. The van der Waals surface area contributed by atoms with E-state index >= 15 is 0 Å². The van der Waals surface area contributed by atoms with E-state index in [4.69, 9.17) is 16.3 Å². The van der Waals surface area contributed by atoms with Gasteiger partial charge in [0.15, 0.2) is 6.61 Å². The molecule has 0 spiro atoms. The molecule has 0 aromatic heterocycles. The summed E-state index contributed by atoms with van der Waals surface area (Å²) in [5.74, 6) is -0.568. The van der Waals surface area contributed by atoms with Crippen molar-refractivity contribution in [3.05, 3.63) is 75.3 Å². The van der Waals surface area contributed by atoms with Crippen LogP contribution in [0.4, 0.5) is 5.69 Å². The number of fused-ring (bicyclic) bond motifs is 1. The first-order chi connectivity index (χ1) is 16.6. The summed E-state index contributed by atoms with van der Waals surface area (Å²) in [7, 11) is -4.73. The molecule has 0 atom stereocenters. The van der Waals surface area contributed by atoms with Crippen LogP contribution in [0.3, 0.4) is 0 Å². The van der Waals surface area contributed by atoms with Gasteiger partial charge >= 0.3 is 5.69 Å². The lowest BCUT2D eigenvalue weighted by molar-refractivity contribution is -0.385. The maximum Gasteiger partial charge on any atom is 0.313 e. The molecular formula is C23H22ClN3O7S. The lowest BCUT2D eigenvalue weighted by Crippen LogP contribution is -2.49. The van der Waals surface area contributed by atoms with Crippen molar-refractivity contribution in [2.75, 3.05) is 32.8 Å². The molecule has 3 aromatic rings. The summed E-state index contributed by atoms with van der Waals surface area (Å²) in [6.07, 6.45) is 0. The summed E-state index contributed by atoms with van der Waals surface area (Å²) in [6, 6.07) is 14.2. The number of carbonyl (C=O) groups excluding carboxylic acids is 1. The van der Waals surface area contributed by atoms with Gasteiger partial charge in [-0.15, -0.1) is 0 Å². The molecule has 1 saturated heterocycles. The Morgan fingerprint density at radius 1 is 1.06 bits per heavy atom. The number of halogens is 1. The molecule has 0 radical (unpaired) electrons. The van der Waals surface area contributed by atoms with Crippen LogP contribution in [0.5, 0.6) is 5.75 Å². The molecule has 0 unspecified atom stereocenters. The van der Waals surface area contributed by atoms with Gasteiger partial charge in [-0.1, -0.05) is 48.0 Å². The molecule has 4 rings (SSSR count). The highest BCUT2D eigenvalue weighted by molar-refractivity contribution is 7.86. The van der Waals surface area contributed by atoms with E-state index in [1.807, 2.05) is 24.3 Å². The van der Waals surface area contributed by atoms with Crippen molar-refractivity contribution in [3.63, 3.8) is 0 Å². The van der Waals surface area contributed by atoms with Gasteiger partial charge in [0.2, 0.25) is 5.75 Å². The van der Waals surface area contributed by atoms with Crippen molar-refractivity contribution in [2.45, 2.75) is 11.4 Å². The second-order valence-corrected chi connectivity index (χ2v) is 9.90. The molecule has 0 saturated carbocycles. The standard InChI is InChI=1S/C23H22ClN3O7S/c24-17-7-5-16(6-8-17)14-25-9-11-26(12-10-25)22(28)15-34-23-19-4-2-1-3-18(19)21(35(31,32)33)13-20(23)27(29)30/h1-8,13H,9-12,14-15H2,(H,31,32,33). The average Bonchev–Trinajstić information content (AvgIpc) is 2.83. The zero-order valence-electron chi connectivity index (χ0n) is 18.5. The number of benzene rings is 3. The van der Waals surface area contributed by atoms with Crippen molar-refractivity contribution in [3.8, 4) is 5.75 Å². The van der Waals surface area contributed by atoms with Gasteiger partial charge in [0, 0.05) is 54.6 Å². The van der Waals surface area contributed by atoms with Crippen LogP contribution in [0.15, 0.2) is 59.5 Å². The number of nitrogens with zero attached hydrogens (tertiary/aromatic N) is 3. The van der Waals surface area contributed by atoms with Gasteiger partial charge < -0.3 is 9.64 Å². The molecule has 1 fully saturated rings. The maximum absolute atomic E-state index is 12.8. The smallest absolute Gasteiger partial charge is 0.313 e. The Morgan fingerprint density at radius 2 is 1.69 bits per heavy atom. The first-order valence-electron chi connectivity index (χ1n) is 10.7. The van der Waals surface area contributed by atoms with Crippen LogP contribution in [0.1, 0.15) is 5.56 Å². The van der Waals surface area contributed by atoms with E-state index < -0.39 is 32.2 Å². The first-order valence-corrected chi connectivity index (χ1v) is 12.5. The fraction of sp³-hybridized carbons (Fsp3) is 0.261. The van der Waals surface area contributed by atoms with Crippen molar-refractivity contribution >= 4 is 44.1 Å². The molecule has 35 heavy (non-hydrogen) atoms. The van der Waals surface area contributed by atoms with E-state index in [1.54, 1.807) is 11.0 Å². The quantitative estimate of drug-likeness (QED) is 0.285. The molecule has 10 nitrogen and oxygen atoms in total. The number of nitro groups is 1. The number of piperazine rings is 1. The van der Waals surface area contributed by atoms with Gasteiger partial charge in [-0.3, -0.25) is 24.4 Å². The van der Waals surface area contributed by atoms with Crippen molar-refractivity contribution < 1.29 is 27.4 Å². The monoisotopic (exact) mass is 519 g/mol. The average molecular weight is 520 g/mol. The van der Waals surface area contributed by atoms with Crippen LogP contribution in [0, 0.1) is 10.1 Å². The van der Waals surface area contributed by atoms with Crippen LogP contribution < -0.4 is 4.74 Å². The van der Waals surface area contributed by atoms with Crippen LogP contribution >= 0.6 is 11.6 Å². The summed E-state index contributed by atoms with van der Waals surface area (Å²) < 4.78 is 38.7. The third-order valence-corrected chi connectivity index (χ3v) is 6.94. The predicted octanol–water partition coefficient (Wildman–Crippen LogP) is 3.37. The Morgan fingerprint density at radius 3 is 2.29 bits per heavy atom. The summed E-state index contributed by atoms with van der Waals surface area (Å²) in [6.45, 7) is 2.53. The molecule has 1 aliphatic heterocycles. The molecule has 12 heteroatoms. The Hall–Kier alpha value is -3.25. The predicted molar refractivity (Wildman–Crippen MR) is 129 cm³/mol. The fourth-order valence-electron chi connectivity index (χ4n) is 4.03. The molecule has 0 bridgehead atoms. The van der Waals surface area contributed by atoms with Gasteiger partial charge in [-0.25, -0.2) is 0 Å². The highest BCUT2D eigenvalue weighted by atomic mass is 35.5. The highest BCUT2D eigenvalue weighted by Crippen LogP contribution is 2.39. The van der Waals surface area contributed by atoms with E-state index in [9.17, 15) is 27.9 Å². The molecule has 1 heterocycles. The number of ether oxygens (including phenoxy) is 1. The van der Waals surface area contributed by atoms with Crippen molar-refractivity contribution in [2.24, 2.45) is 0 Å². The fourth-order valence-corrected chi connectivity index (χ4v) is 4.87. The largest absolute Gasteiger partial charge is 0.476 e. The van der Waals surface area contributed by atoms with Crippen LogP contribution in [0.2, 0.25) is 5.02 Å². The number of hydrogen-bond acceptors (Lipinski definition) is 7. The molecule has 1 aliphatic rings.